The molecule has 5 heterocycles. The number of aromatic nitrogens is 4. The van der Waals surface area contributed by atoms with Gasteiger partial charge in [0.05, 0.1) is 28.3 Å². The van der Waals surface area contributed by atoms with Gasteiger partial charge in [0.15, 0.2) is 0 Å². The summed E-state index contributed by atoms with van der Waals surface area (Å²) in [4.78, 5) is 27.2. The molecule has 2 aliphatic rings. The molecular weight excluding hydrogens is 468 g/mol. The molecule has 2 atom stereocenters. The number of benzene rings is 1. The maximum Gasteiger partial charge on any atom is 0.433 e. The molecule has 0 aliphatic carbocycles. The largest absolute Gasteiger partial charge is 0.472 e. The third-order valence-electron chi connectivity index (χ3n) is 6.59. The minimum Gasteiger partial charge on any atom is -0.472 e. The second-order valence-electron chi connectivity index (χ2n) is 8.70. The average molecular weight is 486 g/mol. The highest BCUT2D eigenvalue weighted by Gasteiger charge is 2.45. The van der Waals surface area contributed by atoms with E-state index in [-0.39, 0.29) is 22.8 Å². The van der Waals surface area contributed by atoms with Crippen LogP contribution in [0.25, 0.3) is 16.6 Å². The third kappa shape index (κ3) is 3.19. The predicted molar refractivity (Wildman–Crippen MR) is 116 cm³/mol. The van der Waals surface area contributed by atoms with Crippen LogP contribution in [0.1, 0.15) is 46.2 Å². The summed E-state index contributed by atoms with van der Waals surface area (Å²) in [5.74, 6) is -1.34. The number of alkyl halides is 3. The molecular formula is C23H18F4N6O2. The quantitative estimate of drug-likeness (QED) is 0.408. The number of nitrogens with zero attached hydrogens (tertiary/aromatic N) is 5. The molecule has 4 aromatic rings. The second kappa shape index (κ2) is 7.27. The molecule has 2 N–H and O–H groups in total. The highest BCUT2D eigenvalue weighted by molar-refractivity contribution is 5.99. The van der Waals surface area contributed by atoms with Gasteiger partial charge in [-0.3, -0.25) is 9.20 Å². The Hall–Kier alpha value is -3.96. The molecule has 0 bridgehead atoms. The van der Waals surface area contributed by atoms with Gasteiger partial charge in [-0.2, -0.15) is 13.2 Å². The van der Waals surface area contributed by atoms with Crippen molar-refractivity contribution in [2.75, 3.05) is 12.3 Å². The van der Waals surface area contributed by atoms with E-state index in [1.807, 2.05) is 0 Å². The van der Waals surface area contributed by atoms with Crippen LogP contribution in [0.4, 0.5) is 23.4 Å². The first-order valence-electron chi connectivity index (χ1n) is 10.9. The second-order valence-corrected chi connectivity index (χ2v) is 8.70. The minimum atomic E-state index is -4.62. The van der Waals surface area contributed by atoms with Gasteiger partial charge in [0, 0.05) is 18.2 Å². The molecule has 0 saturated carbocycles. The van der Waals surface area contributed by atoms with E-state index >= 15 is 4.39 Å². The fourth-order valence-electron chi connectivity index (χ4n) is 5.02. The summed E-state index contributed by atoms with van der Waals surface area (Å²) in [6, 6.07) is 4.02. The number of nitrogen functional groups attached to an aromatic ring is 1. The molecule has 1 amide bonds. The number of carbonyl (C=O) groups is 1. The Kier molecular flexibility index (Phi) is 4.48. The van der Waals surface area contributed by atoms with Crippen LogP contribution in [0.3, 0.4) is 0 Å². The summed E-state index contributed by atoms with van der Waals surface area (Å²) in [5, 5.41) is 0. The van der Waals surface area contributed by atoms with Crippen molar-refractivity contribution in [3.63, 3.8) is 0 Å². The lowest BCUT2D eigenvalue weighted by molar-refractivity contribution is -0.141. The molecule has 1 fully saturated rings. The Morgan fingerprint density at radius 3 is 2.80 bits per heavy atom. The number of nitrogens with two attached hydrogens (primary N) is 1. The third-order valence-corrected chi connectivity index (χ3v) is 6.59. The van der Waals surface area contributed by atoms with Gasteiger partial charge < -0.3 is 15.4 Å². The van der Waals surface area contributed by atoms with Gasteiger partial charge >= 0.3 is 6.18 Å². The summed E-state index contributed by atoms with van der Waals surface area (Å²) in [6.45, 7) is 2.05. The van der Waals surface area contributed by atoms with Crippen LogP contribution in [0, 0.1) is 12.7 Å². The van der Waals surface area contributed by atoms with Gasteiger partial charge in [0.2, 0.25) is 5.88 Å². The molecule has 1 saturated heterocycles. The molecule has 2 aliphatic heterocycles. The summed E-state index contributed by atoms with van der Waals surface area (Å²) in [7, 11) is 0. The zero-order chi connectivity index (χ0) is 24.6. The number of aryl methyl sites for hydroxylation is 1. The van der Waals surface area contributed by atoms with Crippen LogP contribution < -0.4 is 10.5 Å². The van der Waals surface area contributed by atoms with E-state index in [0.29, 0.717) is 41.7 Å². The van der Waals surface area contributed by atoms with Gasteiger partial charge in [-0.05, 0) is 38.0 Å². The lowest BCUT2D eigenvalue weighted by Crippen LogP contribution is -2.44. The lowest BCUT2D eigenvalue weighted by Gasteiger charge is -2.36. The number of imidazole rings is 1. The van der Waals surface area contributed by atoms with Gasteiger partial charge in [-0.1, -0.05) is 0 Å². The maximum absolute atomic E-state index is 15.2. The number of rotatable bonds is 1. The van der Waals surface area contributed by atoms with Crippen LogP contribution in [0.15, 0.2) is 30.6 Å². The zero-order valence-corrected chi connectivity index (χ0v) is 18.3. The molecule has 8 nitrogen and oxygen atoms in total. The van der Waals surface area contributed by atoms with E-state index in [1.165, 1.54) is 23.4 Å². The Morgan fingerprint density at radius 2 is 2.03 bits per heavy atom. The SMILES string of the molecule is Cc1ncn2c1c(N)nc1cc(F)c(C(=O)N3CCC[C@@H]4Oc5nc(C(F)(F)F)ccc5[C@@H]43)cc12. The molecule has 6 rings (SSSR count). The number of fused-ring (bicyclic) bond motifs is 6. The van der Waals surface area contributed by atoms with Crippen LogP contribution in [-0.2, 0) is 6.18 Å². The summed E-state index contributed by atoms with van der Waals surface area (Å²) in [5.41, 5.74) is 7.04. The molecule has 0 spiro atoms. The number of piperidine rings is 1. The predicted octanol–water partition coefficient (Wildman–Crippen LogP) is 4.06. The van der Waals surface area contributed by atoms with Crippen molar-refractivity contribution in [2.24, 2.45) is 0 Å². The topological polar surface area (TPSA) is 98.6 Å². The number of hydrogen-bond acceptors (Lipinski definition) is 6. The molecule has 0 unspecified atom stereocenters. The van der Waals surface area contributed by atoms with E-state index in [4.69, 9.17) is 10.5 Å². The molecule has 1 aromatic carbocycles. The lowest BCUT2D eigenvalue weighted by atomic mass is 9.94. The first kappa shape index (κ1) is 21.6. The van der Waals surface area contributed by atoms with E-state index in [9.17, 15) is 18.0 Å². The number of anilines is 1. The fraction of sp³-hybridized carbons (Fsp3) is 0.304. The van der Waals surface area contributed by atoms with Crippen molar-refractivity contribution < 1.29 is 27.1 Å². The van der Waals surface area contributed by atoms with Crippen LogP contribution >= 0.6 is 0 Å². The van der Waals surface area contributed by atoms with Crippen LogP contribution in [0.5, 0.6) is 5.88 Å². The zero-order valence-electron chi connectivity index (χ0n) is 18.3. The highest BCUT2D eigenvalue weighted by Crippen LogP contribution is 2.45. The average Bonchev–Trinajstić information content (AvgIpc) is 3.38. The summed E-state index contributed by atoms with van der Waals surface area (Å²) in [6.07, 6.45) is -2.58. The smallest absolute Gasteiger partial charge is 0.433 e. The highest BCUT2D eigenvalue weighted by atomic mass is 19.4. The summed E-state index contributed by atoms with van der Waals surface area (Å²) >= 11 is 0. The molecule has 12 heteroatoms. The first-order valence-corrected chi connectivity index (χ1v) is 10.9. The number of pyridine rings is 1. The van der Waals surface area contributed by atoms with Gasteiger partial charge in [0.25, 0.3) is 5.91 Å². The molecule has 180 valence electrons. The fourth-order valence-corrected chi connectivity index (χ4v) is 5.02. The molecule has 0 radical (unpaired) electrons. The van der Waals surface area contributed by atoms with E-state index in [1.54, 1.807) is 11.3 Å². The van der Waals surface area contributed by atoms with Gasteiger partial charge in [0.1, 0.15) is 35.3 Å². The molecule has 35 heavy (non-hydrogen) atoms. The monoisotopic (exact) mass is 486 g/mol. The molecule has 3 aromatic heterocycles. The van der Waals surface area contributed by atoms with Crippen LogP contribution in [0.2, 0.25) is 0 Å². The van der Waals surface area contributed by atoms with E-state index < -0.39 is 35.7 Å². The number of ether oxygens (including phenoxy) is 1. The van der Waals surface area contributed by atoms with Crippen molar-refractivity contribution in [1.29, 1.82) is 0 Å². The van der Waals surface area contributed by atoms with Crippen molar-refractivity contribution in [1.82, 2.24) is 24.3 Å². The van der Waals surface area contributed by atoms with Gasteiger partial charge in [-0.25, -0.2) is 19.3 Å². The number of hydrogen-bond donors (Lipinski definition) is 1. The Morgan fingerprint density at radius 1 is 1.23 bits per heavy atom. The Labute approximate surface area is 195 Å². The number of likely N-dealkylation sites (tertiary alicyclic amines) is 1. The standard InChI is InChI=1S/C23H18F4N6O2/c1-10-18-20(28)30-14-8-13(24)12(7-15(14)33(18)9-29-10)22(34)32-6-2-3-16-19(32)11-4-5-17(23(25,26)27)31-21(11)35-16/h4-5,7-9,16,19H,2-3,6H2,1H3,(H2,28,30)/t16-,19-/m0/s1. The van der Waals surface area contributed by atoms with Crippen LogP contribution in [-0.4, -0.2) is 42.8 Å². The Bertz CT molecular complexity index is 1530. The normalized spacial score (nSPS) is 19.6. The van der Waals surface area contributed by atoms with E-state index in [2.05, 4.69) is 15.0 Å². The minimum absolute atomic E-state index is 0.149. The Balaban J connectivity index is 1.44. The van der Waals surface area contributed by atoms with Crippen molar-refractivity contribution in [3.05, 3.63) is 58.9 Å². The van der Waals surface area contributed by atoms with Crippen molar-refractivity contribution >= 4 is 28.3 Å². The number of halogens is 4. The van der Waals surface area contributed by atoms with Crippen molar-refractivity contribution in [3.8, 4) is 5.88 Å². The summed E-state index contributed by atoms with van der Waals surface area (Å²) < 4.78 is 61.9. The number of amides is 1. The maximum atomic E-state index is 15.2. The van der Waals surface area contributed by atoms with E-state index in [0.717, 1.165) is 12.1 Å². The number of carbonyl (C=O) groups excluding carboxylic acids is 1. The van der Waals surface area contributed by atoms with Crippen molar-refractivity contribution in [2.45, 2.75) is 38.1 Å². The van der Waals surface area contributed by atoms with Gasteiger partial charge in [-0.15, -0.1) is 0 Å². The first-order chi connectivity index (χ1) is 16.6.